The van der Waals surface area contributed by atoms with E-state index in [0.29, 0.717) is 42.5 Å². The van der Waals surface area contributed by atoms with Gasteiger partial charge in [0.25, 0.3) is 5.91 Å². The van der Waals surface area contributed by atoms with Crippen molar-refractivity contribution in [2.75, 3.05) is 24.5 Å². The van der Waals surface area contributed by atoms with Crippen LogP contribution in [0.1, 0.15) is 58.8 Å². The highest BCUT2D eigenvalue weighted by molar-refractivity contribution is 7.89. The van der Waals surface area contributed by atoms with E-state index in [1.165, 1.54) is 0 Å². The standard InChI is InChI=1S/C29H30ClF3N4O3S/c30-25-3-1-2-24(29(31,32)33)27(25)41(39,40)36-26-7-6-20-4-5-21(18-23(20)26)28(38)35-15-8-19-11-16-37(17-12-19)22-9-13-34-14-10-22/h1-5,9-10,13-14,18-19,26,36H,6-8,11-12,15-17H2,(H,35,38). The zero-order valence-corrected chi connectivity index (χ0v) is 23.7. The molecule has 1 aromatic heterocycles. The maximum atomic E-state index is 13.6. The molecular weight excluding hydrogens is 577 g/mol. The Bertz CT molecular complexity index is 1510. The fourth-order valence-corrected chi connectivity index (χ4v) is 7.66. The SMILES string of the molecule is O=C(NCCC1CCN(c2ccncc2)CC1)c1ccc2c(c1)C(NS(=O)(=O)c1c(Cl)cccc1C(F)(F)F)CC2. The minimum absolute atomic E-state index is 0.277. The molecule has 218 valence electrons. The number of benzene rings is 2. The van der Waals surface area contributed by atoms with E-state index in [0.717, 1.165) is 55.7 Å². The van der Waals surface area contributed by atoms with Crippen molar-refractivity contribution in [1.82, 2.24) is 15.0 Å². The highest BCUT2D eigenvalue weighted by Crippen LogP contribution is 2.39. The molecule has 2 N–H and O–H groups in total. The van der Waals surface area contributed by atoms with E-state index >= 15 is 0 Å². The second-order valence-corrected chi connectivity index (χ2v) is 12.5. The number of carbonyl (C=O) groups is 1. The van der Waals surface area contributed by atoms with E-state index in [1.807, 2.05) is 12.1 Å². The van der Waals surface area contributed by atoms with E-state index in [-0.39, 0.29) is 5.91 Å². The number of aromatic nitrogens is 1. The molecule has 0 spiro atoms. The molecule has 1 amide bonds. The highest BCUT2D eigenvalue weighted by Gasteiger charge is 2.40. The lowest BCUT2D eigenvalue weighted by atomic mass is 9.93. The lowest BCUT2D eigenvalue weighted by molar-refractivity contribution is -0.139. The van der Waals surface area contributed by atoms with Gasteiger partial charge in [0.1, 0.15) is 4.90 Å². The average Bonchev–Trinajstić information content (AvgIpc) is 3.34. The third kappa shape index (κ3) is 6.68. The van der Waals surface area contributed by atoms with Crippen LogP contribution in [-0.4, -0.2) is 38.9 Å². The average molecular weight is 607 g/mol. The van der Waals surface area contributed by atoms with Gasteiger partial charge >= 0.3 is 6.18 Å². The number of sulfonamides is 1. The fourth-order valence-electron chi connectivity index (χ4n) is 5.64. The molecule has 3 aromatic rings. The van der Waals surface area contributed by atoms with Crippen molar-refractivity contribution in [2.24, 2.45) is 5.92 Å². The van der Waals surface area contributed by atoms with Crippen LogP contribution < -0.4 is 14.9 Å². The molecule has 5 rings (SSSR count). The van der Waals surface area contributed by atoms with Crippen LogP contribution in [0.2, 0.25) is 5.02 Å². The summed E-state index contributed by atoms with van der Waals surface area (Å²) < 4.78 is 69.3. The lowest BCUT2D eigenvalue weighted by Crippen LogP contribution is -2.35. The predicted molar refractivity (Wildman–Crippen MR) is 150 cm³/mol. The molecule has 1 fully saturated rings. The highest BCUT2D eigenvalue weighted by atomic mass is 35.5. The molecule has 1 aliphatic carbocycles. The van der Waals surface area contributed by atoms with Gasteiger partial charge in [0, 0.05) is 49.3 Å². The Labute approximate surface area is 242 Å². The summed E-state index contributed by atoms with van der Waals surface area (Å²) in [5.74, 6) is 0.222. The van der Waals surface area contributed by atoms with Crippen molar-refractivity contribution >= 4 is 33.2 Å². The molecule has 2 heterocycles. The summed E-state index contributed by atoms with van der Waals surface area (Å²) in [6.45, 7) is 2.41. The smallest absolute Gasteiger partial charge is 0.371 e. The first-order chi connectivity index (χ1) is 19.5. The van der Waals surface area contributed by atoms with Crippen molar-refractivity contribution < 1.29 is 26.4 Å². The van der Waals surface area contributed by atoms with Crippen molar-refractivity contribution in [3.8, 4) is 0 Å². The Balaban J connectivity index is 1.20. The number of fused-ring (bicyclic) bond motifs is 1. The van der Waals surface area contributed by atoms with Crippen LogP contribution in [0.15, 0.2) is 65.8 Å². The van der Waals surface area contributed by atoms with Gasteiger partial charge in [0.05, 0.1) is 10.6 Å². The number of carbonyl (C=O) groups excluding carboxylic acids is 1. The summed E-state index contributed by atoms with van der Waals surface area (Å²) in [5.41, 5.74) is 1.62. The van der Waals surface area contributed by atoms with Crippen LogP contribution in [0.25, 0.3) is 0 Å². The van der Waals surface area contributed by atoms with E-state index in [1.54, 1.807) is 30.6 Å². The van der Waals surface area contributed by atoms with Gasteiger partial charge in [-0.1, -0.05) is 23.7 Å². The Morgan fingerprint density at radius 1 is 1.05 bits per heavy atom. The number of anilines is 1. The lowest BCUT2D eigenvalue weighted by Gasteiger charge is -2.33. The van der Waals surface area contributed by atoms with Crippen molar-refractivity contribution in [3.63, 3.8) is 0 Å². The summed E-state index contributed by atoms with van der Waals surface area (Å²) in [4.78, 5) is 18.3. The van der Waals surface area contributed by atoms with Gasteiger partial charge in [-0.05, 0) is 85.5 Å². The summed E-state index contributed by atoms with van der Waals surface area (Å²) >= 11 is 5.94. The summed E-state index contributed by atoms with van der Waals surface area (Å²) in [6.07, 6.45) is 2.46. The van der Waals surface area contributed by atoms with E-state index in [4.69, 9.17) is 11.6 Å². The number of nitrogens with one attached hydrogen (secondary N) is 2. The van der Waals surface area contributed by atoms with Crippen LogP contribution in [-0.2, 0) is 22.6 Å². The van der Waals surface area contributed by atoms with Crippen molar-refractivity contribution in [2.45, 2.75) is 49.2 Å². The van der Waals surface area contributed by atoms with Gasteiger partial charge in [-0.15, -0.1) is 0 Å². The van der Waals surface area contributed by atoms with Crippen LogP contribution in [0.3, 0.4) is 0 Å². The minimum atomic E-state index is -4.90. The number of rotatable bonds is 8. The summed E-state index contributed by atoms with van der Waals surface area (Å²) in [5, 5.41) is 2.45. The molecule has 1 aliphatic heterocycles. The number of pyridine rings is 1. The maximum Gasteiger partial charge on any atom is 0.417 e. The van der Waals surface area contributed by atoms with Gasteiger partial charge in [-0.3, -0.25) is 9.78 Å². The van der Waals surface area contributed by atoms with E-state index < -0.39 is 37.7 Å². The largest absolute Gasteiger partial charge is 0.417 e. The molecular formula is C29H30ClF3N4O3S. The third-order valence-corrected chi connectivity index (χ3v) is 9.80. The Morgan fingerprint density at radius 3 is 2.49 bits per heavy atom. The number of amides is 1. The number of alkyl halides is 3. The van der Waals surface area contributed by atoms with Crippen molar-refractivity contribution in [1.29, 1.82) is 0 Å². The zero-order valence-electron chi connectivity index (χ0n) is 22.1. The fraction of sp³-hybridized carbons (Fsp3) is 0.379. The molecule has 1 unspecified atom stereocenters. The second-order valence-electron chi connectivity index (χ2n) is 10.4. The zero-order chi connectivity index (χ0) is 29.2. The first-order valence-electron chi connectivity index (χ1n) is 13.5. The van der Waals surface area contributed by atoms with Crippen LogP contribution in [0, 0.1) is 5.92 Å². The number of aryl methyl sites for hydroxylation is 1. The normalized spacial score (nSPS) is 17.9. The molecule has 1 atom stereocenters. The number of piperidine rings is 1. The van der Waals surface area contributed by atoms with Crippen LogP contribution in [0.4, 0.5) is 18.9 Å². The first kappa shape index (κ1) is 29.3. The van der Waals surface area contributed by atoms with Crippen LogP contribution in [0.5, 0.6) is 0 Å². The summed E-state index contributed by atoms with van der Waals surface area (Å²) in [6, 6.07) is 11.2. The van der Waals surface area contributed by atoms with Gasteiger partial charge < -0.3 is 10.2 Å². The number of hydrogen-bond acceptors (Lipinski definition) is 5. The minimum Gasteiger partial charge on any atom is -0.371 e. The Morgan fingerprint density at radius 2 is 1.78 bits per heavy atom. The molecule has 2 aromatic carbocycles. The number of hydrogen-bond donors (Lipinski definition) is 2. The molecule has 1 saturated heterocycles. The van der Waals surface area contributed by atoms with Crippen molar-refractivity contribution in [3.05, 3.63) is 88.2 Å². The topological polar surface area (TPSA) is 91.4 Å². The van der Waals surface area contributed by atoms with Gasteiger partial charge in [-0.2, -0.15) is 13.2 Å². The predicted octanol–water partition coefficient (Wildman–Crippen LogP) is 5.76. The molecule has 41 heavy (non-hydrogen) atoms. The molecule has 2 aliphatic rings. The van der Waals surface area contributed by atoms with Gasteiger partial charge in [0.15, 0.2) is 0 Å². The quantitative estimate of drug-likeness (QED) is 0.340. The van der Waals surface area contributed by atoms with E-state index in [2.05, 4.69) is 19.9 Å². The Kier molecular flexibility index (Phi) is 8.58. The number of halogens is 4. The molecule has 0 radical (unpaired) electrons. The third-order valence-electron chi connectivity index (χ3n) is 7.80. The molecule has 0 saturated carbocycles. The van der Waals surface area contributed by atoms with Crippen LogP contribution >= 0.6 is 11.6 Å². The molecule has 12 heteroatoms. The monoisotopic (exact) mass is 606 g/mol. The number of nitrogens with zero attached hydrogens (tertiary/aromatic N) is 2. The molecule has 0 bridgehead atoms. The molecule has 7 nitrogen and oxygen atoms in total. The van der Waals surface area contributed by atoms with Gasteiger partial charge in [-0.25, -0.2) is 13.1 Å². The first-order valence-corrected chi connectivity index (χ1v) is 15.3. The summed E-state index contributed by atoms with van der Waals surface area (Å²) in [7, 11) is -4.62. The second kappa shape index (κ2) is 12.0. The van der Waals surface area contributed by atoms with Gasteiger partial charge in [0.2, 0.25) is 10.0 Å². The maximum absolute atomic E-state index is 13.6. The Hall–Kier alpha value is -3.15. The van der Waals surface area contributed by atoms with E-state index in [9.17, 15) is 26.4 Å².